The molecule has 0 heterocycles. The van der Waals surface area contributed by atoms with E-state index in [9.17, 15) is 18.0 Å². The van der Waals surface area contributed by atoms with Crippen LogP contribution in [-0.4, -0.2) is 50.5 Å². The predicted octanol–water partition coefficient (Wildman–Crippen LogP) is 3.55. The fraction of sp³-hybridized carbons (Fsp3) is 0.391. The number of rotatable bonds is 11. The Bertz CT molecular complexity index is 998. The molecule has 7 nitrogen and oxygen atoms in total. The number of anilines is 1. The summed E-state index contributed by atoms with van der Waals surface area (Å²) < 4.78 is 26.7. The van der Waals surface area contributed by atoms with E-state index in [2.05, 4.69) is 21.2 Å². The average Bonchev–Trinajstić information content (AvgIpc) is 2.75. The van der Waals surface area contributed by atoms with Crippen LogP contribution in [0, 0.1) is 0 Å². The van der Waals surface area contributed by atoms with E-state index in [1.54, 1.807) is 36.1 Å². The molecule has 0 fully saturated rings. The Morgan fingerprint density at radius 1 is 1.06 bits per heavy atom. The summed E-state index contributed by atoms with van der Waals surface area (Å²) in [6, 6.07) is 15.7. The first-order chi connectivity index (χ1) is 15.1. The van der Waals surface area contributed by atoms with Gasteiger partial charge >= 0.3 is 0 Å². The quantitative estimate of drug-likeness (QED) is 0.487. The third kappa shape index (κ3) is 7.63. The highest BCUT2D eigenvalue weighted by Crippen LogP contribution is 2.19. The smallest absolute Gasteiger partial charge is 0.242 e. The van der Waals surface area contributed by atoms with Crippen LogP contribution in [0.4, 0.5) is 5.69 Å². The van der Waals surface area contributed by atoms with Gasteiger partial charge in [0.2, 0.25) is 21.8 Å². The van der Waals surface area contributed by atoms with E-state index in [0.29, 0.717) is 25.2 Å². The molecular formula is C23H30BrN3O4S. The summed E-state index contributed by atoms with van der Waals surface area (Å²) in [7, 11) is -3.49. The zero-order valence-corrected chi connectivity index (χ0v) is 21.0. The number of nitrogens with one attached hydrogen (secondary N) is 1. The number of hydrogen-bond donors (Lipinski definition) is 1. The van der Waals surface area contributed by atoms with Gasteiger partial charge in [0.05, 0.1) is 11.9 Å². The molecule has 0 spiro atoms. The van der Waals surface area contributed by atoms with Crippen molar-refractivity contribution < 1.29 is 18.0 Å². The molecule has 2 amide bonds. The molecule has 0 aliphatic carbocycles. The Balaban J connectivity index is 2.12. The van der Waals surface area contributed by atoms with Crippen molar-refractivity contribution in [3.05, 3.63) is 64.6 Å². The van der Waals surface area contributed by atoms with Crippen LogP contribution in [0.3, 0.4) is 0 Å². The van der Waals surface area contributed by atoms with E-state index in [4.69, 9.17) is 0 Å². The number of amides is 2. The number of para-hydroxylation sites is 1. The van der Waals surface area contributed by atoms with Gasteiger partial charge in [0, 0.05) is 30.5 Å². The fourth-order valence-electron chi connectivity index (χ4n) is 3.29. The van der Waals surface area contributed by atoms with Gasteiger partial charge < -0.3 is 10.2 Å². The number of nitrogens with zero attached hydrogens (tertiary/aromatic N) is 2. The molecule has 0 bridgehead atoms. The van der Waals surface area contributed by atoms with E-state index < -0.39 is 16.1 Å². The normalized spacial score (nSPS) is 12.1. The number of hydrogen-bond acceptors (Lipinski definition) is 4. The van der Waals surface area contributed by atoms with Gasteiger partial charge in [-0.3, -0.25) is 13.9 Å². The highest BCUT2D eigenvalue weighted by molar-refractivity contribution is 9.10. The number of halogens is 1. The zero-order chi connectivity index (χ0) is 23.7. The van der Waals surface area contributed by atoms with Crippen LogP contribution >= 0.6 is 15.9 Å². The molecule has 0 saturated carbocycles. The molecule has 0 radical (unpaired) electrons. The van der Waals surface area contributed by atoms with E-state index in [-0.39, 0.29) is 24.8 Å². The monoisotopic (exact) mass is 523 g/mol. The fourth-order valence-corrected chi connectivity index (χ4v) is 4.52. The molecule has 1 unspecified atom stereocenters. The Kier molecular flexibility index (Phi) is 9.71. The van der Waals surface area contributed by atoms with Gasteiger partial charge in [-0.05, 0) is 50.1 Å². The lowest BCUT2D eigenvalue weighted by molar-refractivity contribution is -0.140. The van der Waals surface area contributed by atoms with Gasteiger partial charge in [-0.25, -0.2) is 8.42 Å². The van der Waals surface area contributed by atoms with E-state index in [1.807, 2.05) is 37.3 Å². The van der Waals surface area contributed by atoms with E-state index in [1.165, 1.54) is 4.31 Å². The van der Waals surface area contributed by atoms with Crippen molar-refractivity contribution in [2.75, 3.05) is 23.7 Å². The SMILES string of the molecule is CCNC(=O)C(C)N(Cc1ccc(Br)cc1)C(=O)CCCN(c1ccccc1)S(C)(=O)=O. The van der Waals surface area contributed by atoms with Gasteiger partial charge in [-0.2, -0.15) is 0 Å². The molecule has 0 aromatic heterocycles. The number of carbonyl (C=O) groups is 2. The minimum Gasteiger partial charge on any atom is -0.355 e. The summed E-state index contributed by atoms with van der Waals surface area (Å²) in [6.07, 6.45) is 1.61. The third-order valence-corrected chi connectivity index (χ3v) is 6.70. The molecule has 32 heavy (non-hydrogen) atoms. The van der Waals surface area contributed by atoms with Gasteiger partial charge in [0.25, 0.3) is 0 Å². The van der Waals surface area contributed by atoms with Crippen molar-refractivity contribution in [3.63, 3.8) is 0 Å². The van der Waals surface area contributed by atoms with Crippen molar-refractivity contribution >= 4 is 43.5 Å². The van der Waals surface area contributed by atoms with Crippen LogP contribution < -0.4 is 9.62 Å². The maximum atomic E-state index is 13.1. The summed E-state index contributed by atoms with van der Waals surface area (Å²) >= 11 is 3.40. The zero-order valence-electron chi connectivity index (χ0n) is 18.6. The molecule has 1 N–H and O–H groups in total. The summed E-state index contributed by atoms with van der Waals surface area (Å²) in [5.41, 5.74) is 1.46. The molecule has 9 heteroatoms. The molecule has 0 aliphatic heterocycles. The van der Waals surface area contributed by atoms with Crippen molar-refractivity contribution in [2.45, 2.75) is 39.3 Å². The molecule has 174 valence electrons. The molecule has 0 aliphatic rings. The first kappa shape index (κ1) is 25.9. The second-order valence-electron chi connectivity index (χ2n) is 7.49. The lowest BCUT2D eigenvalue weighted by atomic mass is 10.1. The summed E-state index contributed by atoms with van der Waals surface area (Å²) in [4.78, 5) is 27.1. The van der Waals surface area contributed by atoms with Crippen LogP contribution in [0.1, 0.15) is 32.3 Å². The maximum Gasteiger partial charge on any atom is 0.242 e. The van der Waals surface area contributed by atoms with Gasteiger partial charge in [-0.1, -0.05) is 46.3 Å². The van der Waals surface area contributed by atoms with Crippen LogP contribution in [-0.2, 0) is 26.2 Å². The highest BCUT2D eigenvalue weighted by Gasteiger charge is 2.26. The molecule has 2 aromatic carbocycles. The van der Waals surface area contributed by atoms with Gasteiger partial charge in [-0.15, -0.1) is 0 Å². The van der Waals surface area contributed by atoms with Crippen molar-refractivity contribution in [1.82, 2.24) is 10.2 Å². The number of likely N-dealkylation sites (N-methyl/N-ethyl adjacent to an activating group) is 1. The third-order valence-electron chi connectivity index (χ3n) is 4.98. The van der Waals surface area contributed by atoms with Gasteiger partial charge in [0.15, 0.2) is 0 Å². The highest BCUT2D eigenvalue weighted by atomic mass is 79.9. The first-order valence-corrected chi connectivity index (χ1v) is 13.1. The van der Waals surface area contributed by atoms with Crippen LogP contribution in [0.5, 0.6) is 0 Å². The van der Waals surface area contributed by atoms with Crippen molar-refractivity contribution in [2.24, 2.45) is 0 Å². The lowest BCUT2D eigenvalue weighted by Crippen LogP contribution is -2.47. The molecule has 2 aromatic rings. The summed E-state index contributed by atoms with van der Waals surface area (Å²) in [6.45, 7) is 4.47. The lowest BCUT2D eigenvalue weighted by Gasteiger charge is -2.29. The molecule has 0 saturated heterocycles. The molecule has 2 rings (SSSR count). The average molecular weight is 524 g/mol. The second-order valence-corrected chi connectivity index (χ2v) is 10.3. The summed E-state index contributed by atoms with van der Waals surface area (Å²) in [5, 5.41) is 2.76. The second kappa shape index (κ2) is 12.0. The van der Waals surface area contributed by atoms with E-state index in [0.717, 1.165) is 16.3 Å². The van der Waals surface area contributed by atoms with Crippen LogP contribution in [0.15, 0.2) is 59.1 Å². The first-order valence-electron chi connectivity index (χ1n) is 10.5. The topological polar surface area (TPSA) is 86.8 Å². The maximum absolute atomic E-state index is 13.1. The van der Waals surface area contributed by atoms with Crippen molar-refractivity contribution in [1.29, 1.82) is 0 Å². The van der Waals surface area contributed by atoms with Crippen LogP contribution in [0.2, 0.25) is 0 Å². The number of carbonyl (C=O) groups excluding carboxylic acids is 2. The Labute approximate surface area is 199 Å². The van der Waals surface area contributed by atoms with Crippen molar-refractivity contribution in [3.8, 4) is 0 Å². The minimum absolute atomic E-state index is 0.124. The molecule has 1 atom stereocenters. The standard InChI is InChI=1S/C23H30BrN3O4S/c1-4-25-23(29)18(2)26(17-19-12-14-20(24)15-13-19)22(28)11-8-16-27(32(3,30)31)21-9-6-5-7-10-21/h5-7,9-10,12-15,18H,4,8,11,16-17H2,1-3H3,(H,25,29). The Morgan fingerprint density at radius 3 is 2.25 bits per heavy atom. The Morgan fingerprint density at radius 2 is 1.69 bits per heavy atom. The Hall–Kier alpha value is -2.39. The van der Waals surface area contributed by atoms with Crippen LogP contribution in [0.25, 0.3) is 0 Å². The van der Waals surface area contributed by atoms with E-state index >= 15 is 0 Å². The minimum atomic E-state index is -3.49. The number of sulfonamides is 1. The summed E-state index contributed by atoms with van der Waals surface area (Å²) in [5.74, 6) is -0.423. The van der Waals surface area contributed by atoms with Gasteiger partial charge in [0.1, 0.15) is 6.04 Å². The predicted molar refractivity (Wildman–Crippen MR) is 131 cm³/mol. The largest absolute Gasteiger partial charge is 0.355 e. The molecular weight excluding hydrogens is 494 g/mol. The number of benzene rings is 2.